The van der Waals surface area contributed by atoms with Crippen LogP contribution in [0.4, 0.5) is 0 Å². The molecule has 2 aromatic carbocycles. The predicted molar refractivity (Wildman–Crippen MR) is 124 cm³/mol. The summed E-state index contributed by atoms with van der Waals surface area (Å²) in [6.07, 6.45) is 1.45. The highest BCUT2D eigenvalue weighted by atomic mass is 32.2. The molecule has 170 valence electrons. The Balaban J connectivity index is 1.64. The number of nitrogens with zero attached hydrogens (tertiary/aromatic N) is 3. The Kier molecular flexibility index (Phi) is 7.42. The van der Waals surface area contributed by atoms with Gasteiger partial charge >= 0.3 is 0 Å². The van der Waals surface area contributed by atoms with Crippen molar-refractivity contribution >= 4 is 26.8 Å². The first kappa shape index (κ1) is 23.6. The fourth-order valence-electron chi connectivity index (χ4n) is 3.58. The maximum absolute atomic E-state index is 12.6. The first-order valence-electron chi connectivity index (χ1n) is 10.6. The molecule has 1 atom stereocenters. The van der Waals surface area contributed by atoms with Crippen LogP contribution in [0.15, 0.2) is 64.4 Å². The summed E-state index contributed by atoms with van der Waals surface area (Å²) in [5.41, 5.74) is 1.34. The van der Waals surface area contributed by atoms with E-state index in [1.165, 1.54) is 10.5 Å². The number of hydrogen-bond donors (Lipinski definition) is 1. The SMILES string of the molecule is CCN(CC)S(=O)(=O)c1ccc([C@H](C)NC(=O)CCn2ncc(=O)c3ccccc32)cc1. The summed E-state index contributed by atoms with van der Waals surface area (Å²) >= 11 is 0. The van der Waals surface area contributed by atoms with Crippen LogP contribution < -0.4 is 10.7 Å². The molecule has 1 aromatic heterocycles. The molecule has 9 heteroatoms. The molecule has 0 aliphatic rings. The molecular formula is C23H28N4O4S. The minimum absolute atomic E-state index is 0.152. The molecule has 0 fully saturated rings. The topological polar surface area (TPSA) is 101 Å². The smallest absolute Gasteiger partial charge is 0.243 e. The number of para-hydroxylation sites is 1. The number of carbonyl (C=O) groups excluding carboxylic acids is 1. The molecule has 0 bridgehead atoms. The Hall–Kier alpha value is -3.04. The lowest BCUT2D eigenvalue weighted by Gasteiger charge is -2.19. The molecular weight excluding hydrogens is 428 g/mol. The molecule has 1 N–H and O–H groups in total. The third-order valence-electron chi connectivity index (χ3n) is 5.41. The first-order valence-corrected chi connectivity index (χ1v) is 12.1. The summed E-state index contributed by atoms with van der Waals surface area (Å²) < 4.78 is 28.3. The Morgan fingerprint density at radius 2 is 1.75 bits per heavy atom. The Morgan fingerprint density at radius 1 is 1.09 bits per heavy atom. The van der Waals surface area contributed by atoms with Crippen LogP contribution in [0.3, 0.4) is 0 Å². The first-order chi connectivity index (χ1) is 15.3. The van der Waals surface area contributed by atoms with Crippen molar-refractivity contribution in [2.75, 3.05) is 13.1 Å². The number of rotatable bonds is 9. The third kappa shape index (κ3) is 5.05. The standard InChI is InChI=1S/C23H28N4O4S/c1-4-26(5-2)32(30,31)19-12-10-18(11-13-19)17(3)25-23(29)14-15-27-21-9-7-6-8-20(21)22(28)16-24-27/h6-13,16-17H,4-5,14-15H2,1-3H3,(H,25,29)/t17-/m0/s1. The van der Waals surface area contributed by atoms with Crippen LogP contribution in [-0.2, 0) is 21.4 Å². The molecule has 3 rings (SSSR count). The number of amides is 1. The molecule has 0 aliphatic carbocycles. The zero-order valence-corrected chi connectivity index (χ0v) is 19.3. The third-order valence-corrected chi connectivity index (χ3v) is 7.48. The maximum atomic E-state index is 12.6. The quantitative estimate of drug-likeness (QED) is 0.533. The van der Waals surface area contributed by atoms with Gasteiger partial charge in [-0.05, 0) is 36.8 Å². The summed E-state index contributed by atoms with van der Waals surface area (Å²) in [4.78, 5) is 24.6. The fraction of sp³-hybridized carbons (Fsp3) is 0.348. The molecule has 8 nitrogen and oxygen atoms in total. The number of nitrogens with one attached hydrogen (secondary N) is 1. The van der Waals surface area contributed by atoms with Crippen molar-refractivity contribution in [2.24, 2.45) is 0 Å². The number of hydrogen-bond acceptors (Lipinski definition) is 5. The Bertz CT molecular complexity index is 1250. The Morgan fingerprint density at radius 3 is 2.41 bits per heavy atom. The van der Waals surface area contributed by atoms with Crippen LogP contribution in [0, 0.1) is 0 Å². The van der Waals surface area contributed by atoms with E-state index in [-0.39, 0.29) is 28.7 Å². The van der Waals surface area contributed by atoms with Gasteiger partial charge in [0.1, 0.15) is 0 Å². The van der Waals surface area contributed by atoms with Gasteiger partial charge in [0.2, 0.25) is 21.4 Å². The van der Waals surface area contributed by atoms with E-state index in [1.54, 1.807) is 61.0 Å². The van der Waals surface area contributed by atoms with Gasteiger partial charge in [-0.25, -0.2) is 8.42 Å². The zero-order valence-electron chi connectivity index (χ0n) is 18.5. The van der Waals surface area contributed by atoms with Gasteiger partial charge in [0.05, 0.1) is 29.2 Å². The second kappa shape index (κ2) is 10.1. The summed E-state index contributed by atoms with van der Waals surface area (Å²) in [5, 5.41) is 7.63. The molecule has 1 amide bonds. The van der Waals surface area contributed by atoms with E-state index in [1.807, 2.05) is 13.0 Å². The van der Waals surface area contributed by atoms with E-state index in [9.17, 15) is 18.0 Å². The van der Waals surface area contributed by atoms with Gasteiger partial charge in [-0.1, -0.05) is 38.1 Å². The number of benzene rings is 2. The van der Waals surface area contributed by atoms with Crippen LogP contribution in [0.25, 0.3) is 10.9 Å². The molecule has 0 spiro atoms. The van der Waals surface area contributed by atoms with Crippen LogP contribution in [-0.4, -0.2) is 41.5 Å². The number of fused-ring (bicyclic) bond motifs is 1. The number of carbonyl (C=O) groups is 1. The number of aromatic nitrogens is 2. The van der Waals surface area contributed by atoms with Gasteiger partial charge in [0.25, 0.3) is 0 Å². The summed E-state index contributed by atoms with van der Waals surface area (Å²) in [7, 11) is -3.51. The highest BCUT2D eigenvalue weighted by Gasteiger charge is 2.21. The van der Waals surface area contributed by atoms with E-state index in [4.69, 9.17) is 0 Å². The molecule has 0 radical (unpaired) electrons. The molecule has 0 saturated carbocycles. The van der Waals surface area contributed by atoms with Crippen molar-refractivity contribution in [3.05, 3.63) is 70.5 Å². The number of sulfonamides is 1. The van der Waals surface area contributed by atoms with Gasteiger partial charge in [0.15, 0.2) is 0 Å². The average Bonchev–Trinajstić information content (AvgIpc) is 2.79. The zero-order chi connectivity index (χ0) is 23.3. The van der Waals surface area contributed by atoms with Crippen molar-refractivity contribution in [3.63, 3.8) is 0 Å². The fourth-order valence-corrected chi connectivity index (χ4v) is 5.04. The molecule has 0 saturated heterocycles. The highest BCUT2D eigenvalue weighted by Crippen LogP contribution is 2.19. The van der Waals surface area contributed by atoms with Crippen molar-refractivity contribution in [3.8, 4) is 0 Å². The van der Waals surface area contributed by atoms with Crippen molar-refractivity contribution in [1.82, 2.24) is 19.4 Å². The lowest BCUT2D eigenvalue weighted by molar-refractivity contribution is -0.122. The molecule has 32 heavy (non-hydrogen) atoms. The van der Waals surface area contributed by atoms with Crippen molar-refractivity contribution in [1.29, 1.82) is 0 Å². The lowest BCUT2D eigenvalue weighted by Crippen LogP contribution is -2.30. The normalized spacial score (nSPS) is 12.8. The second-order valence-corrected chi connectivity index (χ2v) is 9.38. The minimum atomic E-state index is -3.51. The van der Waals surface area contributed by atoms with E-state index in [0.717, 1.165) is 5.56 Å². The molecule has 0 unspecified atom stereocenters. The van der Waals surface area contributed by atoms with Crippen LogP contribution in [0.1, 0.15) is 38.8 Å². The molecule has 1 heterocycles. The average molecular weight is 457 g/mol. The van der Waals surface area contributed by atoms with Crippen LogP contribution in [0.5, 0.6) is 0 Å². The van der Waals surface area contributed by atoms with Gasteiger partial charge in [0, 0.05) is 24.9 Å². The van der Waals surface area contributed by atoms with E-state index >= 15 is 0 Å². The van der Waals surface area contributed by atoms with E-state index < -0.39 is 10.0 Å². The Labute approximate surface area is 187 Å². The highest BCUT2D eigenvalue weighted by molar-refractivity contribution is 7.89. The van der Waals surface area contributed by atoms with Crippen molar-refractivity contribution in [2.45, 2.75) is 44.7 Å². The van der Waals surface area contributed by atoms with E-state index in [2.05, 4.69) is 10.4 Å². The monoisotopic (exact) mass is 456 g/mol. The molecule has 3 aromatic rings. The summed E-state index contributed by atoms with van der Waals surface area (Å²) in [5.74, 6) is -0.165. The van der Waals surface area contributed by atoms with E-state index in [0.29, 0.717) is 30.5 Å². The lowest BCUT2D eigenvalue weighted by atomic mass is 10.1. The largest absolute Gasteiger partial charge is 0.350 e. The van der Waals surface area contributed by atoms with Gasteiger partial charge in [-0.15, -0.1) is 0 Å². The van der Waals surface area contributed by atoms with Gasteiger partial charge in [-0.2, -0.15) is 9.40 Å². The number of aryl methyl sites for hydroxylation is 1. The van der Waals surface area contributed by atoms with Gasteiger partial charge in [-0.3, -0.25) is 14.3 Å². The maximum Gasteiger partial charge on any atom is 0.243 e. The predicted octanol–water partition coefficient (Wildman–Crippen LogP) is 2.69. The van der Waals surface area contributed by atoms with Crippen molar-refractivity contribution < 1.29 is 13.2 Å². The summed E-state index contributed by atoms with van der Waals surface area (Å²) in [6, 6.07) is 13.5. The van der Waals surface area contributed by atoms with Crippen LogP contribution >= 0.6 is 0 Å². The van der Waals surface area contributed by atoms with Gasteiger partial charge < -0.3 is 5.32 Å². The minimum Gasteiger partial charge on any atom is -0.350 e. The summed E-state index contributed by atoms with van der Waals surface area (Å²) in [6.45, 7) is 6.61. The van der Waals surface area contributed by atoms with Crippen LogP contribution in [0.2, 0.25) is 0 Å². The second-order valence-electron chi connectivity index (χ2n) is 7.45. The molecule has 0 aliphatic heterocycles.